The van der Waals surface area contributed by atoms with Crippen molar-refractivity contribution >= 4 is 11.6 Å². The molecule has 0 aromatic heterocycles. The lowest BCUT2D eigenvalue weighted by Gasteiger charge is -2.15. The molecule has 1 unspecified atom stereocenters. The van der Waals surface area contributed by atoms with Gasteiger partial charge in [0.1, 0.15) is 0 Å². The van der Waals surface area contributed by atoms with Gasteiger partial charge in [-0.25, -0.2) is 0 Å². The SMILES string of the molecule is OC(CNCCC1=CCCCC1)c1ccc(Cl)cc1. The summed E-state index contributed by atoms with van der Waals surface area (Å²) in [6.07, 6.45) is 8.18. The molecular weight excluding hydrogens is 258 g/mol. The number of hydrogen-bond donors (Lipinski definition) is 2. The predicted molar refractivity (Wildman–Crippen MR) is 80.4 cm³/mol. The quantitative estimate of drug-likeness (QED) is 0.612. The highest BCUT2D eigenvalue weighted by atomic mass is 35.5. The molecule has 1 aromatic carbocycles. The summed E-state index contributed by atoms with van der Waals surface area (Å²) in [4.78, 5) is 0. The van der Waals surface area contributed by atoms with E-state index in [4.69, 9.17) is 11.6 Å². The third-order valence-corrected chi connectivity index (χ3v) is 3.85. The van der Waals surface area contributed by atoms with Crippen LogP contribution in [0.5, 0.6) is 0 Å². The van der Waals surface area contributed by atoms with Gasteiger partial charge in [-0.3, -0.25) is 0 Å². The van der Waals surface area contributed by atoms with Crippen LogP contribution in [0.2, 0.25) is 5.02 Å². The van der Waals surface area contributed by atoms with Gasteiger partial charge in [-0.2, -0.15) is 0 Å². The minimum Gasteiger partial charge on any atom is -0.387 e. The van der Waals surface area contributed by atoms with E-state index in [1.807, 2.05) is 24.3 Å². The summed E-state index contributed by atoms with van der Waals surface area (Å²) in [6, 6.07) is 7.37. The molecule has 0 saturated carbocycles. The summed E-state index contributed by atoms with van der Waals surface area (Å²) < 4.78 is 0. The van der Waals surface area contributed by atoms with Gasteiger partial charge < -0.3 is 10.4 Å². The van der Waals surface area contributed by atoms with Crippen molar-refractivity contribution in [3.05, 3.63) is 46.5 Å². The molecule has 1 aliphatic carbocycles. The second-order valence-corrected chi connectivity index (χ2v) is 5.57. The molecule has 0 amide bonds. The molecule has 3 heteroatoms. The number of nitrogens with one attached hydrogen (secondary N) is 1. The lowest BCUT2D eigenvalue weighted by atomic mass is 9.97. The maximum atomic E-state index is 10.0. The van der Waals surface area contributed by atoms with Crippen molar-refractivity contribution in [2.24, 2.45) is 0 Å². The molecule has 104 valence electrons. The Morgan fingerprint density at radius 2 is 2.00 bits per heavy atom. The van der Waals surface area contributed by atoms with Crippen LogP contribution in [0, 0.1) is 0 Å². The smallest absolute Gasteiger partial charge is 0.0914 e. The zero-order chi connectivity index (χ0) is 13.5. The van der Waals surface area contributed by atoms with Crippen molar-refractivity contribution in [1.82, 2.24) is 5.32 Å². The van der Waals surface area contributed by atoms with E-state index < -0.39 is 6.10 Å². The van der Waals surface area contributed by atoms with Crippen molar-refractivity contribution in [3.8, 4) is 0 Å². The van der Waals surface area contributed by atoms with Gasteiger partial charge in [0, 0.05) is 11.6 Å². The van der Waals surface area contributed by atoms with E-state index in [1.54, 1.807) is 5.57 Å². The van der Waals surface area contributed by atoms with Crippen LogP contribution in [0.15, 0.2) is 35.9 Å². The van der Waals surface area contributed by atoms with Gasteiger partial charge in [-0.15, -0.1) is 0 Å². The summed E-state index contributed by atoms with van der Waals surface area (Å²) in [6.45, 7) is 1.53. The normalized spacial score (nSPS) is 17.1. The van der Waals surface area contributed by atoms with Crippen LogP contribution in [0.1, 0.15) is 43.8 Å². The number of aliphatic hydroxyl groups is 1. The van der Waals surface area contributed by atoms with E-state index in [0.717, 1.165) is 18.5 Å². The summed E-state index contributed by atoms with van der Waals surface area (Å²) in [5, 5.41) is 14.1. The Balaban J connectivity index is 1.67. The Morgan fingerprint density at radius 1 is 1.21 bits per heavy atom. The highest BCUT2D eigenvalue weighted by Crippen LogP contribution is 2.19. The first-order valence-corrected chi connectivity index (χ1v) is 7.45. The zero-order valence-electron chi connectivity index (χ0n) is 11.2. The number of allylic oxidation sites excluding steroid dienone is 1. The number of benzene rings is 1. The average molecular weight is 280 g/mol. The summed E-state index contributed by atoms with van der Waals surface area (Å²) in [5.74, 6) is 0. The van der Waals surface area contributed by atoms with Gasteiger partial charge in [0.15, 0.2) is 0 Å². The molecule has 2 rings (SSSR count). The highest BCUT2D eigenvalue weighted by Gasteiger charge is 2.07. The first-order chi connectivity index (χ1) is 9.25. The number of rotatable bonds is 6. The Labute approximate surface area is 120 Å². The van der Waals surface area contributed by atoms with Crippen LogP contribution in [-0.2, 0) is 0 Å². The lowest BCUT2D eigenvalue weighted by Crippen LogP contribution is -2.23. The van der Waals surface area contributed by atoms with E-state index >= 15 is 0 Å². The second kappa shape index (κ2) is 7.68. The first-order valence-electron chi connectivity index (χ1n) is 7.08. The molecule has 1 aromatic rings. The Hall–Kier alpha value is -0.830. The summed E-state index contributed by atoms with van der Waals surface area (Å²) >= 11 is 5.83. The Morgan fingerprint density at radius 3 is 2.68 bits per heavy atom. The first kappa shape index (κ1) is 14.6. The van der Waals surface area contributed by atoms with Crippen molar-refractivity contribution in [1.29, 1.82) is 0 Å². The van der Waals surface area contributed by atoms with Crippen LogP contribution in [0.3, 0.4) is 0 Å². The zero-order valence-corrected chi connectivity index (χ0v) is 12.0. The number of halogens is 1. The van der Waals surface area contributed by atoms with Gasteiger partial charge in [-0.05, 0) is 56.3 Å². The van der Waals surface area contributed by atoms with E-state index in [0.29, 0.717) is 11.6 Å². The molecule has 2 nitrogen and oxygen atoms in total. The standard InChI is InChI=1S/C16H22ClNO/c17-15-8-6-14(7-9-15)16(19)12-18-11-10-13-4-2-1-3-5-13/h4,6-9,16,18-19H,1-3,5,10-12H2. The molecule has 0 spiro atoms. The van der Waals surface area contributed by atoms with E-state index in [2.05, 4.69) is 11.4 Å². The van der Waals surface area contributed by atoms with Crippen LogP contribution < -0.4 is 5.32 Å². The number of aliphatic hydroxyl groups excluding tert-OH is 1. The third kappa shape index (κ3) is 4.98. The van der Waals surface area contributed by atoms with Crippen molar-refractivity contribution in [2.75, 3.05) is 13.1 Å². The fourth-order valence-corrected chi connectivity index (χ4v) is 2.55. The monoisotopic (exact) mass is 279 g/mol. The predicted octanol–water partition coefficient (Wildman–Crippen LogP) is 3.85. The van der Waals surface area contributed by atoms with Gasteiger partial charge >= 0.3 is 0 Å². The van der Waals surface area contributed by atoms with E-state index in [-0.39, 0.29) is 0 Å². The third-order valence-electron chi connectivity index (χ3n) is 3.60. The van der Waals surface area contributed by atoms with Crippen molar-refractivity contribution in [3.63, 3.8) is 0 Å². The van der Waals surface area contributed by atoms with Crippen molar-refractivity contribution < 1.29 is 5.11 Å². The average Bonchev–Trinajstić information content (AvgIpc) is 2.45. The summed E-state index contributed by atoms with van der Waals surface area (Å²) in [5.41, 5.74) is 2.48. The van der Waals surface area contributed by atoms with Gasteiger partial charge in [0.05, 0.1) is 6.10 Å². The number of hydrogen-bond acceptors (Lipinski definition) is 2. The van der Waals surface area contributed by atoms with Gasteiger partial charge in [0.2, 0.25) is 0 Å². The Kier molecular flexibility index (Phi) is 5.90. The van der Waals surface area contributed by atoms with Crippen LogP contribution >= 0.6 is 11.6 Å². The molecule has 0 saturated heterocycles. The van der Waals surface area contributed by atoms with Gasteiger partial charge in [-0.1, -0.05) is 35.4 Å². The molecule has 0 aliphatic heterocycles. The minimum atomic E-state index is -0.461. The maximum absolute atomic E-state index is 10.0. The molecule has 0 heterocycles. The molecule has 0 radical (unpaired) electrons. The van der Waals surface area contributed by atoms with Crippen LogP contribution in [0.25, 0.3) is 0 Å². The topological polar surface area (TPSA) is 32.3 Å². The molecule has 1 aliphatic rings. The molecule has 2 N–H and O–H groups in total. The van der Waals surface area contributed by atoms with E-state index in [9.17, 15) is 5.11 Å². The van der Waals surface area contributed by atoms with Crippen molar-refractivity contribution in [2.45, 2.75) is 38.2 Å². The molecule has 19 heavy (non-hydrogen) atoms. The molecular formula is C16H22ClNO. The summed E-state index contributed by atoms with van der Waals surface area (Å²) in [7, 11) is 0. The maximum Gasteiger partial charge on any atom is 0.0914 e. The Bertz CT molecular complexity index is 413. The second-order valence-electron chi connectivity index (χ2n) is 5.13. The molecule has 0 fully saturated rings. The van der Waals surface area contributed by atoms with E-state index in [1.165, 1.54) is 25.7 Å². The molecule has 1 atom stereocenters. The van der Waals surface area contributed by atoms with Crippen LogP contribution in [0.4, 0.5) is 0 Å². The largest absolute Gasteiger partial charge is 0.387 e. The fraction of sp³-hybridized carbons (Fsp3) is 0.500. The highest BCUT2D eigenvalue weighted by molar-refractivity contribution is 6.30. The fourth-order valence-electron chi connectivity index (χ4n) is 2.42. The minimum absolute atomic E-state index is 0.461. The molecule has 0 bridgehead atoms. The van der Waals surface area contributed by atoms with Gasteiger partial charge in [0.25, 0.3) is 0 Å². The van der Waals surface area contributed by atoms with Crippen LogP contribution in [-0.4, -0.2) is 18.2 Å². The lowest BCUT2D eigenvalue weighted by molar-refractivity contribution is 0.175.